The van der Waals surface area contributed by atoms with Crippen molar-refractivity contribution in [3.8, 4) is 0 Å². The van der Waals surface area contributed by atoms with Gasteiger partial charge in [-0.05, 0) is 50.5 Å². The molecule has 0 aromatic heterocycles. The van der Waals surface area contributed by atoms with Gasteiger partial charge in [0.25, 0.3) is 0 Å². The molecule has 0 aliphatic heterocycles. The summed E-state index contributed by atoms with van der Waals surface area (Å²) >= 11 is 0. The van der Waals surface area contributed by atoms with Crippen molar-refractivity contribution in [2.24, 2.45) is 5.41 Å². The maximum absolute atomic E-state index is 13.5. The van der Waals surface area contributed by atoms with Gasteiger partial charge >= 0.3 is 5.97 Å². The fourth-order valence-electron chi connectivity index (χ4n) is 1.37. The molecule has 0 unspecified atom stereocenters. The maximum atomic E-state index is 13.5. The average molecular weight is 228 g/mol. The number of halogens is 2. The van der Waals surface area contributed by atoms with E-state index in [-0.39, 0.29) is 17.5 Å². The van der Waals surface area contributed by atoms with Gasteiger partial charge in [0, 0.05) is 0 Å². The first-order valence-corrected chi connectivity index (χ1v) is 4.92. The lowest BCUT2D eigenvalue weighted by Crippen LogP contribution is -2.26. The van der Waals surface area contributed by atoms with Gasteiger partial charge in [-0.2, -0.15) is 0 Å². The molecule has 0 atom stereocenters. The number of carbonyl (C=O) groups is 1. The lowest BCUT2D eigenvalue weighted by atomic mass is 9.85. The molecule has 0 fully saturated rings. The van der Waals surface area contributed by atoms with Crippen LogP contribution in [-0.2, 0) is 11.2 Å². The van der Waals surface area contributed by atoms with Gasteiger partial charge in [-0.25, -0.2) is 8.78 Å². The molecule has 0 spiro atoms. The molecule has 0 amide bonds. The van der Waals surface area contributed by atoms with Crippen molar-refractivity contribution in [2.75, 3.05) is 0 Å². The highest BCUT2D eigenvalue weighted by molar-refractivity contribution is 5.74. The first-order valence-electron chi connectivity index (χ1n) is 4.92. The quantitative estimate of drug-likeness (QED) is 0.863. The third kappa shape index (κ3) is 2.56. The highest BCUT2D eigenvalue weighted by Gasteiger charge is 2.28. The van der Waals surface area contributed by atoms with Crippen molar-refractivity contribution in [1.82, 2.24) is 0 Å². The van der Waals surface area contributed by atoms with Gasteiger partial charge in [0.2, 0.25) is 0 Å². The second kappa shape index (κ2) is 4.20. The van der Waals surface area contributed by atoms with E-state index >= 15 is 0 Å². The first kappa shape index (κ1) is 12.6. The van der Waals surface area contributed by atoms with E-state index in [4.69, 9.17) is 5.11 Å². The number of carboxylic acid groups (broad SMARTS) is 1. The van der Waals surface area contributed by atoms with Crippen molar-refractivity contribution >= 4 is 5.97 Å². The van der Waals surface area contributed by atoms with Crippen molar-refractivity contribution in [2.45, 2.75) is 27.2 Å². The molecule has 2 nitrogen and oxygen atoms in total. The van der Waals surface area contributed by atoms with Crippen LogP contribution in [0.1, 0.15) is 25.0 Å². The van der Waals surface area contributed by atoms with Gasteiger partial charge in [-0.3, -0.25) is 4.79 Å². The van der Waals surface area contributed by atoms with Crippen molar-refractivity contribution < 1.29 is 18.7 Å². The van der Waals surface area contributed by atoms with Gasteiger partial charge in [0.1, 0.15) is 11.6 Å². The third-order valence-electron chi connectivity index (χ3n) is 2.54. The predicted octanol–water partition coefficient (Wildman–Crippen LogP) is 2.93. The molecule has 0 heterocycles. The second-order valence-corrected chi connectivity index (χ2v) is 4.56. The Bertz CT molecular complexity index is 425. The van der Waals surface area contributed by atoms with Crippen LogP contribution in [0.4, 0.5) is 8.78 Å². The Balaban J connectivity index is 3.07. The van der Waals surface area contributed by atoms with Crippen molar-refractivity contribution in [3.05, 3.63) is 34.9 Å². The van der Waals surface area contributed by atoms with Crippen LogP contribution < -0.4 is 0 Å². The molecule has 0 bridgehead atoms. The molecular formula is C12H14F2O2. The summed E-state index contributed by atoms with van der Waals surface area (Å²) in [6.07, 6.45) is -0.0363. The fourth-order valence-corrected chi connectivity index (χ4v) is 1.37. The standard InChI is InChI=1S/C12H14F2O2/c1-7-4-10(14)8(5-9(7)13)6-12(2,3)11(15)16/h4-5H,6H2,1-3H3,(H,15,16). The van der Waals surface area contributed by atoms with Crippen LogP contribution in [0.15, 0.2) is 12.1 Å². The zero-order valence-corrected chi connectivity index (χ0v) is 9.47. The fraction of sp³-hybridized carbons (Fsp3) is 0.417. The highest BCUT2D eigenvalue weighted by Crippen LogP contribution is 2.25. The molecule has 16 heavy (non-hydrogen) atoms. The molecule has 0 aliphatic rings. The Hall–Kier alpha value is -1.45. The van der Waals surface area contributed by atoms with Gasteiger partial charge in [0.05, 0.1) is 5.41 Å². The van der Waals surface area contributed by atoms with Gasteiger partial charge < -0.3 is 5.11 Å². The van der Waals surface area contributed by atoms with Crippen LogP contribution >= 0.6 is 0 Å². The number of aliphatic carboxylic acids is 1. The molecule has 0 saturated heterocycles. The summed E-state index contributed by atoms with van der Waals surface area (Å²) < 4.78 is 26.7. The van der Waals surface area contributed by atoms with Crippen LogP contribution in [-0.4, -0.2) is 11.1 Å². The van der Waals surface area contributed by atoms with Gasteiger partial charge in [-0.1, -0.05) is 0 Å². The minimum Gasteiger partial charge on any atom is -0.481 e. The summed E-state index contributed by atoms with van der Waals surface area (Å²) in [5.74, 6) is -2.11. The van der Waals surface area contributed by atoms with E-state index in [1.54, 1.807) is 0 Å². The van der Waals surface area contributed by atoms with Crippen LogP contribution in [0.3, 0.4) is 0 Å². The third-order valence-corrected chi connectivity index (χ3v) is 2.54. The summed E-state index contributed by atoms with van der Waals surface area (Å²) in [6, 6.07) is 2.15. The summed E-state index contributed by atoms with van der Waals surface area (Å²) in [4.78, 5) is 10.9. The van der Waals surface area contributed by atoms with Crippen LogP contribution in [0.2, 0.25) is 0 Å². The van der Waals surface area contributed by atoms with E-state index in [0.29, 0.717) is 0 Å². The molecule has 0 aliphatic carbocycles. The largest absolute Gasteiger partial charge is 0.481 e. The van der Waals surface area contributed by atoms with E-state index in [1.165, 1.54) is 20.8 Å². The minimum absolute atomic E-state index is 0.0363. The normalized spacial score (nSPS) is 11.6. The minimum atomic E-state index is -1.11. The van der Waals surface area contributed by atoms with E-state index in [1.807, 2.05) is 0 Å². The summed E-state index contributed by atoms with van der Waals surface area (Å²) in [5.41, 5.74) is -0.799. The number of carboxylic acids is 1. The van der Waals surface area contributed by atoms with Gasteiger partial charge in [0.15, 0.2) is 0 Å². The molecule has 1 aromatic carbocycles. The molecule has 0 saturated carbocycles. The van der Waals surface area contributed by atoms with Crippen molar-refractivity contribution in [1.29, 1.82) is 0 Å². The molecule has 4 heteroatoms. The van der Waals surface area contributed by atoms with Crippen LogP contribution in [0.25, 0.3) is 0 Å². The van der Waals surface area contributed by atoms with E-state index in [9.17, 15) is 13.6 Å². The lowest BCUT2D eigenvalue weighted by Gasteiger charge is -2.19. The number of benzene rings is 1. The average Bonchev–Trinajstić information content (AvgIpc) is 2.13. The number of hydrogen-bond acceptors (Lipinski definition) is 1. The number of hydrogen-bond donors (Lipinski definition) is 1. The lowest BCUT2D eigenvalue weighted by molar-refractivity contribution is -0.146. The Morgan fingerprint density at radius 1 is 1.31 bits per heavy atom. The monoisotopic (exact) mass is 228 g/mol. The molecule has 0 radical (unpaired) electrons. The van der Waals surface area contributed by atoms with Crippen LogP contribution in [0.5, 0.6) is 0 Å². The maximum Gasteiger partial charge on any atom is 0.309 e. The first-order chi connectivity index (χ1) is 7.24. The zero-order chi connectivity index (χ0) is 12.5. The molecule has 1 aromatic rings. The SMILES string of the molecule is Cc1cc(F)c(CC(C)(C)C(=O)O)cc1F. The van der Waals surface area contributed by atoms with Gasteiger partial charge in [-0.15, -0.1) is 0 Å². The van der Waals surface area contributed by atoms with Crippen molar-refractivity contribution in [3.63, 3.8) is 0 Å². The molecular weight excluding hydrogens is 214 g/mol. The number of aryl methyl sites for hydroxylation is 1. The van der Waals surface area contributed by atoms with Crippen LogP contribution in [0, 0.1) is 24.0 Å². The topological polar surface area (TPSA) is 37.3 Å². The molecule has 88 valence electrons. The Kier molecular flexibility index (Phi) is 3.31. The Morgan fingerprint density at radius 2 is 1.88 bits per heavy atom. The Labute approximate surface area is 92.9 Å². The highest BCUT2D eigenvalue weighted by atomic mass is 19.1. The van der Waals surface area contributed by atoms with E-state index in [0.717, 1.165) is 12.1 Å². The predicted molar refractivity (Wildman–Crippen MR) is 56.2 cm³/mol. The molecule has 1 rings (SSSR count). The Morgan fingerprint density at radius 3 is 2.38 bits per heavy atom. The van der Waals surface area contributed by atoms with E-state index < -0.39 is 23.0 Å². The summed E-state index contributed by atoms with van der Waals surface area (Å²) in [6.45, 7) is 4.42. The molecule has 1 N–H and O–H groups in total. The van der Waals surface area contributed by atoms with E-state index in [2.05, 4.69) is 0 Å². The smallest absolute Gasteiger partial charge is 0.309 e. The summed E-state index contributed by atoms with van der Waals surface area (Å²) in [5, 5.41) is 8.90. The summed E-state index contributed by atoms with van der Waals surface area (Å²) in [7, 11) is 0. The number of rotatable bonds is 3. The second-order valence-electron chi connectivity index (χ2n) is 4.56. The zero-order valence-electron chi connectivity index (χ0n) is 9.47.